The molecule has 0 aliphatic carbocycles. The Hall–Kier alpha value is -4.03. The Bertz CT molecular complexity index is 1270. The van der Waals surface area contributed by atoms with E-state index in [-0.39, 0.29) is 11.5 Å². The minimum Gasteiger partial charge on any atom is -0.487 e. The van der Waals surface area contributed by atoms with E-state index < -0.39 is 12.0 Å². The molecule has 3 N–H and O–H groups in total. The molecule has 6 heteroatoms. The van der Waals surface area contributed by atoms with Gasteiger partial charge in [-0.2, -0.15) is 0 Å². The topological polar surface area (TPSA) is 103 Å². The number of hydrogen-bond donors (Lipinski definition) is 2. The van der Waals surface area contributed by atoms with Crippen molar-refractivity contribution in [2.24, 2.45) is 5.73 Å². The third-order valence-corrected chi connectivity index (χ3v) is 5.46. The number of carbonyl (C=O) groups excluding carboxylic acids is 1. The molecule has 0 fully saturated rings. The lowest BCUT2D eigenvalue weighted by Crippen LogP contribution is -2.31. The third-order valence-electron chi connectivity index (χ3n) is 5.46. The Balaban J connectivity index is 1.60. The Kier molecular flexibility index (Phi) is 6.76. The fourth-order valence-electron chi connectivity index (χ4n) is 3.72. The van der Waals surface area contributed by atoms with Crippen LogP contribution in [0, 0.1) is 0 Å². The minimum atomic E-state index is -1.12. The molecule has 0 amide bonds. The molecule has 33 heavy (non-hydrogen) atoms. The van der Waals surface area contributed by atoms with Gasteiger partial charge in [-0.15, -0.1) is 0 Å². The van der Waals surface area contributed by atoms with Crippen LogP contribution in [0.1, 0.15) is 38.4 Å². The van der Waals surface area contributed by atoms with E-state index in [1.165, 1.54) is 0 Å². The molecule has 0 saturated carbocycles. The van der Waals surface area contributed by atoms with E-state index in [0.29, 0.717) is 36.3 Å². The zero-order valence-corrected chi connectivity index (χ0v) is 18.0. The SMILES string of the molecule is NC(CCc1cc(C(=O)O)nc2c(OCc3ccccc3)cccc12)C(=O)c1ccccc1. The van der Waals surface area contributed by atoms with Gasteiger partial charge in [0.15, 0.2) is 5.78 Å². The lowest BCUT2D eigenvalue weighted by molar-refractivity contribution is 0.0690. The van der Waals surface area contributed by atoms with Crippen molar-refractivity contribution in [2.45, 2.75) is 25.5 Å². The van der Waals surface area contributed by atoms with Gasteiger partial charge < -0.3 is 15.6 Å². The number of aromatic nitrogens is 1. The predicted octanol–water partition coefficient (Wildman–Crippen LogP) is 4.65. The molecule has 0 aliphatic rings. The second-order valence-corrected chi connectivity index (χ2v) is 7.77. The van der Waals surface area contributed by atoms with Crippen molar-refractivity contribution in [2.75, 3.05) is 0 Å². The summed E-state index contributed by atoms with van der Waals surface area (Å²) in [5, 5.41) is 10.4. The van der Waals surface area contributed by atoms with E-state index in [9.17, 15) is 14.7 Å². The van der Waals surface area contributed by atoms with E-state index in [2.05, 4.69) is 4.98 Å². The number of para-hydroxylation sites is 1. The highest BCUT2D eigenvalue weighted by Crippen LogP contribution is 2.29. The summed E-state index contributed by atoms with van der Waals surface area (Å²) in [6.07, 6.45) is 0.808. The monoisotopic (exact) mass is 440 g/mol. The number of ketones is 1. The van der Waals surface area contributed by atoms with E-state index >= 15 is 0 Å². The number of aryl methyl sites for hydroxylation is 1. The van der Waals surface area contributed by atoms with Gasteiger partial charge in [-0.1, -0.05) is 72.8 Å². The van der Waals surface area contributed by atoms with Crippen LogP contribution < -0.4 is 10.5 Å². The Labute approximate surface area is 191 Å². The summed E-state index contributed by atoms with van der Waals surface area (Å²) >= 11 is 0. The van der Waals surface area contributed by atoms with Crippen LogP contribution in [-0.2, 0) is 13.0 Å². The van der Waals surface area contributed by atoms with Crippen LogP contribution in [0.3, 0.4) is 0 Å². The van der Waals surface area contributed by atoms with Crippen LogP contribution in [0.15, 0.2) is 84.9 Å². The number of pyridine rings is 1. The molecule has 1 aromatic heterocycles. The number of hydrogen-bond acceptors (Lipinski definition) is 5. The normalized spacial score (nSPS) is 11.8. The fraction of sp³-hybridized carbons (Fsp3) is 0.148. The third kappa shape index (κ3) is 5.25. The largest absolute Gasteiger partial charge is 0.487 e. The second kappa shape index (κ2) is 10.1. The van der Waals surface area contributed by atoms with Crippen molar-refractivity contribution >= 4 is 22.7 Å². The first-order chi connectivity index (χ1) is 16.0. The molecule has 1 heterocycles. The average Bonchev–Trinajstić information content (AvgIpc) is 2.86. The number of nitrogens with two attached hydrogens (primary N) is 1. The number of carboxylic acid groups (broad SMARTS) is 1. The fourth-order valence-corrected chi connectivity index (χ4v) is 3.72. The summed E-state index contributed by atoms with van der Waals surface area (Å²) in [6, 6.07) is 25.0. The molecule has 0 radical (unpaired) electrons. The second-order valence-electron chi connectivity index (χ2n) is 7.77. The molecule has 1 unspecified atom stereocenters. The molecule has 4 aromatic rings. The molecule has 4 rings (SSSR count). The highest BCUT2D eigenvalue weighted by Gasteiger charge is 2.18. The van der Waals surface area contributed by atoms with Gasteiger partial charge in [0, 0.05) is 10.9 Å². The number of benzene rings is 3. The van der Waals surface area contributed by atoms with Crippen LogP contribution in [0.25, 0.3) is 10.9 Å². The van der Waals surface area contributed by atoms with Crippen molar-refractivity contribution in [3.05, 3.63) is 107 Å². The highest BCUT2D eigenvalue weighted by molar-refractivity contribution is 6.00. The summed E-state index contributed by atoms with van der Waals surface area (Å²) in [5.41, 5.74) is 8.90. The van der Waals surface area contributed by atoms with Crippen molar-refractivity contribution in [1.29, 1.82) is 0 Å². The molecule has 166 valence electrons. The summed E-state index contributed by atoms with van der Waals surface area (Å²) in [4.78, 5) is 28.7. The molecular formula is C27H24N2O4. The molecule has 6 nitrogen and oxygen atoms in total. The highest BCUT2D eigenvalue weighted by atomic mass is 16.5. The first-order valence-electron chi connectivity index (χ1n) is 10.7. The van der Waals surface area contributed by atoms with Gasteiger partial charge in [-0.25, -0.2) is 9.78 Å². The predicted molar refractivity (Wildman–Crippen MR) is 127 cm³/mol. The van der Waals surface area contributed by atoms with Crippen LogP contribution in [-0.4, -0.2) is 27.9 Å². The number of ether oxygens (including phenoxy) is 1. The molecule has 3 aromatic carbocycles. The first-order valence-corrected chi connectivity index (χ1v) is 10.7. The minimum absolute atomic E-state index is 0.0729. The number of nitrogens with zero attached hydrogens (tertiary/aromatic N) is 1. The van der Waals surface area contributed by atoms with Gasteiger partial charge in [0.25, 0.3) is 0 Å². The summed E-state index contributed by atoms with van der Waals surface area (Å²) < 4.78 is 5.98. The van der Waals surface area contributed by atoms with Gasteiger partial charge in [-0.3, -0.25) is 4.79 Å². The van der Waals surface area contributed by atoms with E-state index in [0.717, 1.165) is 16.5 Å². The van der Waals surface area contributed by atoms with Gasteiger partial charge in [-0.05, 0) is 36.1 Å². The number of carbonyl (C=O) groups is 2. The zero-order chi connectivity index (χ0) is 23.2. The van der Waals surface area contributed by atoms with Gasteiger partial charge in [0.2, 0.25) is 0 Å². The van der Waals surface area contributed by atoms with E-state index in [1.54, 1.807) is 36.4 Å². The Morgan fingerprint density at radius 2 is 1.64 bits per heavy atom. The van der Waals surface area contributed by atoms with Crippen molar-refractivity contribution in [3.8, 4) is 5.75 Å². The molecule has 0 saturated heterocycles. The molecule has 0 spiro atoms. The molecule has 0 aliphatic heterocycles. The van der Waals surface area contributed by atoms with Crippen molar-refractivity contribution in [3.63, 3.8) is 0 Å². The van der Waals surface area contributed by atoms with Gasteiger partial charge in [0.05, 0.1) is 6.04 Å². The van der Waals surface area contributed by atoms with E-state index in [1.807, 2.05) is 48.5 Å². The zero-order valence-electron chi connectivity index (χ0n) is 18.0. The smallest absolute Gasteiger partial charge is 0.354 e. The molecule has 0 bridgehead atoms. The molecular weight excluding hydrogens is 416 g/mol. The first kappa shape index (κ1) is 22.2. The lowest BCUT2D eigenvalue weighted by atomic mass is 9.96. The number of rotatable bonds is 9. The number of fused-ring (bicyclic) bond motifs is 1. The Morgan fingerprint density at radius 1 is 0.939 bits per heavy atom. The summed E-state index contributed by atoms with van der Waals surface area (Å²) in [5.74, 6) is -0.759. The maximum atomic E-state index is 12.6. The summed E-state index contributed by atoms with van der Waals surface area (Å²) in [6.45, 7) is 0.338. The quantitative estimate of drug-likeness (QED) is 0.367. The van der Waals surface area contributed by atoms with Crippen LogP contribution in [0.5, 0.6) is 5.75 Å². The number of aromatic carboxylic acids is 1. The van der Waals surface area contributed by atoms with Crippen molar-refractivity contribution < 1.29 is 19.4 Å². The van der Waals surface area contributed by atoms with E-state index in [4.69, 9.17) is 10.5 Å². The standard InChI is InChI=1S/C27H24N2O4/c28-22(26(30)19-10-5-2-6-11-19)15-14-20-16-23(27(31)32)29-25-21(20)12-7-13-24(25)33-17-18-8-3-1-4-9-18/h1-13,16,22H,14-15,17,28H2,(H,31,32). The average molecular weight is 440 g/mol. The maximum Gasteiger partial charge on any atom is 0.354 e. The van der Waals surface area contributed by atoms with Gasteiger partial charge >= 0.3 is 5.97 Å². The van der Waals surface area contributed by atoms with Crippen LogP contribution in [0.2, 0.25) is 0 Å². The number of Topliss-reactive ketones (excluding diaryl/α,β-unsaturated/α-hetero) is 1. The van der Waals surface area contributed by atoms with Crippen molar-refractivity contribution in [1.82, 2.24) is 4.98 Å². The maximum absolute atomic E-state index is 12.6. The molecule has 1 atom stereocenters. The van der Waals surface area contributed by atoms with Gasteiger partial charge in [0.1, 0.15) is 23.6 Å². The summed E-state index contributed by atoms with van der Waals surface area (Å²) in [7, 11) is 0. The van der Waals surface area contributed by atoms with Crippen LogP contribution in [0.4, 0.5) is 0 Å². The van der Waals surface area contributed by atoms with Crippen LogP contribution >= 0.6 is 0 Å². The lowest BCUT2D eigenvalue weighted by Gasteiger charge is -2.14. The Morgan fingerprint density at radius 3 is 2.33 bits per heavy atom. The number of carboxylic acids is 1.